The largest absolute Gasteiger partial charge is 0.493 e. The van der Waals surface area contributed by atoms with E-state index in [1.807, 2.05) is 0 Å². The number of halogens is 2. The van der Waals surface area contributed by atoms with Gasteiger partial charge in [-0.15, -0.1) is 0 Å². The number of aliphatic hydroxyl groups excluding tert-OH is 1. The molecule has 112 valence electrons. The highest BCUT2D eigenvalue weighted by Gasteiger charge is 2.10. The molecule has 0 unspecified atom stereocenters. The molecule has 0 fully saturated rings. The van der Waals surface area contributed by atoms with Crippen molar-refractivity contribution in [2.75, 3.05) is 7.11 Å². The van der Waals surface area contributed by atoms with Gasteiger partial charge < -0.3 is 14.6 Å². The molecule has 2 aromatic carbocycles. The van der Waals surface area contributed by atoms with Crippen LogP contribution in [0.2, 0.25) is 5.02 Å². The Hall–Kier alpha value is -1.78. The van der Waals surface area contributed by atoms with Gasteiger partial charge in [0.1, 0.15) is 12.4 Å². The van der Waals surface area contributed by atoms with E-state index in [1.54, 1.807) is 25.1 Å². The summed E-state index contributed by atoms with van der Waals surface area (Å²) in [6.45, 7) is 1.79. The maximum Gasteiger partial charge on any atom is 0.161 e. The summed E-state index contributed by atoms with van der Waals surface area (Å²) in [5.41, 5.74) is 1.28. The lowest BCUT2D eigenvalue weighted by Crippen LogP contribution is -2.00. The predicted octanol–water partition coefficient (Wildman–Crippen LogP) is 4.12. The molecule has 2 rings (SSSR count). The Balaban J connectivity index is 2.18. The van der Waals surface area contributed by atoms with E-state index in [2.05, 4.69) is 0 Å². The van der Waals surface area contributed by atoms with Crippen LogP contribution in [-0.2, 0) is 6.61 Å². The van der Waals surface area contributed by atoms with Crippen molar-refractivity contribution < 1.29 is 19.0 Å². The summed E-state index contributed by atoms with van der Waals surface area (Å²) in [6.07, 6.45) is -0.592. The first kappa shape index (κ1) is 15.6. The predicted molar refractivity (Wildman–Crippen MR) is 79.4 cm³/mol. The number of benzene rings is 2. The van der Waals surface area contributed by atoms with Crippen LogP contribution in [0.1, 0.15) is 24.2 Å². The molecule has 1 N–H and O–H groups in total. The first-order chi connectivity index (χ1) is 10.0. The summed E-state index contributed by atoms with van der Waals surface area (Å²) < 4.78 is 24.1. The number of hydrogen-bond donors (Lipinski definition) is 1. The average molecular weight is 311 g/mol. The Labute approximate surface area is 127 Å². The number of methoxy groups -OCH3 is 1. The van der Waals surface area contributed by atoms with Gasteiger partial charge in [0.05, 0.1) is 13.2 Å². The minimum absolute atomic E-state index is 0.126. The van der Waals surface area contributed by atoms with Gasteiger partial charge in [0.25, 0.3) is 0 Å². The first-order valence-electron chi connectivity index (χ1n) is 6.44. The zero-order valence-corrected chi connectivity index (χ0v) is 12.5. The molecule has 0 aliphatic rings. The zero-order valence-electron chi connectivity index (χ0n) is 11.8. The van der Waals surface area contributed by atoms with Crippen molar-refractivity contribution in [3.8, 4) is 11.5 Å². The van der Waals surface area contributed by atoms with E-state index in [0.29, 0.717) is 22.1 Å². The molecule has 0 saturated carbocycles. The molecule has 0 aromatic heterocycles. The third-order valence-electron chi connectivity index (χ3n) is 3.06. The van der Waals surface area contributed by atoms with E-state index in [-0.39, 0.29) is 12.4 Å². The van der Waals surface area contributed by atoms with Crippen LogP contribution in [0.4, 0.5) is 4.39 Å². The van der Waals surface area contributed by atoms with Crippen LogP contribution in [0.5, 0.6) is 11.5 Å². The van der Waals surface area contributed by atoms with E-state index < -0.39 is 6.10 Å². The fourth-order valence-corrected chi connectivity index (χ4v) is 2.04. The lowest BCUT2D eigenvalue weighted by atomic mass is 10.1. The SMILES string of the molecule is COc1cc([C@H](C)O)ccc1OCc1cc(F)ccc1Cl. The minimum Gasteiger partial charge on any atom is -0.493 e. The van der Waals surface area contributed by atoms with Gasteiger partial charge in [-0.2, -0.15) is 0 Å². The molecule has 0 bridgehead atoms. The molecule has 0 radical (unpaired) electrons. The summed E-state index contributed by atoms with van der Waals surface area (Å²) >= 11 is 5.99. The fraction of sp³-hybridized carbons (Fsp3) is 0.250. The molecule has 0 aliphatic carbocycles. The normalized spacial score (nSPS) is 12.0. The summed E-state index contributed by atoms with van der Waals surface area (Å²) in [5.74, 6) is 0.637. The van der Waals surface area contributed by atoms with Gasteiger partial charge in [-0.25, -0.2) is 4.39 Å². The van der Waals surface area contributed by atoms with Crippen molar-refractivity contribution in [3.05, 3.63) is 58.4 Å². The first-order valence-corrected chi connectivity index (χ1v) is 6.81. The Kier molecular flexibility index (Phi) is 5.04. The van der Waals surface area contributed by atoms with Crippen LogP contribution >= 0.6 is 11.6 Å². The third kappa shape index (κ3) is 3.86. The summed E-state index contributed by atoms with van der Waals surface area (Å²) in [5, 5.41) is 9.99. The highest BCUT2D eigenvalue weighted by atomic mass is 35.5. The number of ether oxygens (including phenoxy) is 2. The van der Waals surface area contributed by atoms with E-state index >= 15 is 0 Å². The third-order valence-corrected chi connectivity index (χ3v) is 3.43. The van der Waals surface area contributed by atoms with Crippen molar-refractivity contribution in [1.82, 2.24) is 0 Å². The van der Waals surface area contributed by atoms with Crippen LogP contribution in [-0.4, -0.2) is 12.2 Å². The maximum absolute atomic E-state index is 13.2. The standard InChI is InChI=1S/C16H16ClFO3/c1-10(19)11-3-6-15(16(8-11)20-2)21-9-12-7-13(18)4-5-14(12)17/h3-8,10,19H,9H2,1-2H3/t10-/m0/s1. The van der Waals surface area contributed by atoms with E-state index in [9.17, 15) is 9.50 Å². The van der Waals surface area contributed by atoms with Crippen LogP contribution in [0, 0.1) is 5.82 Å². The van der Waals surface area contributed by atoms with E-state index in [4.69, 9.17) is 21.1 Å². The zero-order chi connectivity index (χ0) is 15.4. The molecular weight excluding hydrogens is 295 g/mol. The highest BCUT2D eigenvalue weighted by molar-refractivity contribution is 6.31. The quantitative estimate of drug-likeness (QED) is 0.903. The van der Waals surface area contributed by atoms with Gasteiger partial charge in [0.2, 0.25) is 0 Å². The Morgan fingerprint density at radius 1 is 1.19 bits per heavy atom. The van der Waals surface area contributed by atoms with Crippen molar-refractivity contribution in [3.63, 3.8) is 0 Å². The summed E-state index contributed by atoms with van der Waals surface area (Å²) in [7, 11) is 1.52. The average Bonchev–Trinajstić information content (AvgIpc) is 2.47. The molecule has 0 aliphatic heterocycles. The van der Waals surface area contributed by atoms with Gasteiger partial charge in [-0.1, -0.05) is 17.7 Å². The van der Waals surface area contributed by atoms with Crippen LogP contribution < -0.4 is 9.47 Å². The van der Waals surface area contributed by atoms with E-state index in [0.717, 1.165) is 5.56 Å². The lowest BCUT2D eigenvalue weighted by molar-refractivity contribution is 0.198. The smallest absolute Gasteiger partial charge is 0.161 e. The molecule has 2 aromatic rings. The maximum atomic E-state index is 13.2. The van der Waals surface area contributed by atoms with Gasteiger partial charge >= 0.3 is 0 Å². The Bertz CT molecular complexity index is 629. The molecule has 0 saturated heterocycles. The summed E-state index contributed by atoms with van der Waals surface area (Å²) in [6, 6.07) is 9.27. The Morgan fingerprint density at radius 3 is 2.62 bits per heavy atom. The number of rotatable bonds is 5. The molecule has 5 heteroatoms. The van der Waals surface area contributed by atoms with Crippen LogP contribution in [0.3, 0.4) is 0 Å². The molecule has 3 nitrogen and oxygen atoms in total. The monoisotopic (exact) mass is 310 g/mol. The second kappa shape index (κ2) is 6.78. The molecular formula is C16H16ClFO3. The second-order valence-electron chi connectivity index (χ2n) is 4.61. The van der Waals surface area contributed by atoms with E-state index in [1.165, 1.54) is 25.3 Å². The number of hydrogen-bond acceptors (Lipinski definition) is 3. The minimum atomic E-state index is -0.592. The molecule has 0 heterocycles. The molecule has 21 heavy (non-hydrogen) atoms. The van der Waals surface area contributed by atoms with Crippen molar-refractivity contribution in [1.29, 1.82) is 0 Å². The van der Waals surface area contributed by atoms with Crippen LogP contribution in [0.15, 0.2) is 36.4 Å². The van der Waals surface area contributed by atoms with Gasteiger partial charge in [-0.05, 0) is 42.8 Å². The summed E-state index contributed by atoms with van der Waals surface area (Å²) in [4.78, 5) is 0. The molecule has 1 atom stereocenters. The lowest BCUT2D eigenvalue weighted by Gasteiger charge is -2.14. The topological polar surface area (TPSA) is 38.7 Å². The van der Waals surface area contributed by atoms with Gasteiger partial charge in [0, 0.05) is 10.6 Å². The van der Waals surface area contributed by atoms with Crippen molar-refractivity contribution in [2.24, 2.45) is 0 Å². The fourth-order valence-electron chi connectivity index (χ4n) is 1.87. The second-order valence-corrected chi connectivity index (χ2v) is 5.02. The van der Waals surface area contributed by atoms with Crippen molar-refractivity contribution in [2.45, 2.75) is 19.6 Å². The van der Waals surface area contributed by atoms with Gasteiger partial charge in [0.15, 0.2) is 11.5 Å². The molecule has 0 amide bonds. The van der Waals surface area contributed by atoms with Gasteiger partial charge in [-0.3, -0.25) is 0 Å². The molecule has 0 spiro atoms. The Morgan fingerprint density at radius 2 is 1.95 bits per heavy atom. The van der Waals surface area contributed by atoms with Crippen LogP contribution in [0.25, 0.3) is 0 Å². The highest BCUT2D eigenvalue weighted by Crippen LogP contribution is 2.31. The number of aliphatic hydroxyl groups is 1. The van der Waals surface area contributed by atoms with Crippen molar-refractivity contribution >= 4 is 11.6 Å².